The Morgan fingerprint density at radius 1 is 0.923 bits per heavy atom. The number of para-hydroxylation sites is 1. The highest BCUT2D eigenvalue weighted by atomic mass is 16.6. The third kappa shape index (κ3) is 3.19. The molecule has 1 heterocycles. The predicted molar refractivity (Wildman–Crippen MR) is 100 cm³/mol. The van der Waals surface area contributed by atoms with Crippen LogP contribution in [0, 0.1) is 10.1 Å². The first-order valence-electron chi connectivity index (χ1n) is 8.36. The average molecular weight is 344 g/mol. The van der Waals surface area contributed by atoms with Crippen molar-refractivity contribution in [3.8, 4) is 11.5 Å². The van der Waals surface area contributed by atoms with E-state index < -0.39 is 4.92 Å². The van der Waals surface area contributed by atoms with Crippen molar-refractivity contribution in [2.45, 2.75) is 6.42 Å². The fourth-order valence-corrected chi connectivity index (χ4v) is 3.04. The first-order chi connectivity index (χ1) is 12.7. The molecule has 0 saturated heterocycles. The molecule has 0 fully saturated rings. The van der Waals surface area contributed by atoms with Crippen molar-refractivity contribution in [3.05, 3.63) is 99.6 Å². The van der Waals surface area contributed by atoms with E-state index in [1.165, 1.54) is 17.7 Å². The van der Waals surface area contributed by atoms with Crippen molar-refractivity contribution in [1.29, 1.82) is 0 Å². The van der Waals surface area contributed by atoms with Gasteiger partial charge in [-0.05, 0) is 48.4 Å². The molecule has 0 aliphatic carbocycles. The lowest BCUT2D eigenvalue weighted by molar-refractivity contribution is -0.384. The van der Waals surface area contributed by atoms with Gasteiger partial charge < -0.3 is 4.74 Å². The molecule has 0 N–H and O–H groups in total. The molecular formula is C21H16N2O3. The van der Waals surface area contributed by atoms with E-state index >= 15 is 0 Å². The fraction of sp³-hybridized carbons (Fsp3) is 0.0952. The van der Waals surface area contributed by atoms with Crippen molar-refractivity contribution in [2.75, 3.05) is 6.54 Å². The molecule has 0 unspecified atom stereocenters. The molecule has 5 heteroatoms. The number of hydrogen-bond donors (Lipinski definition) is 0. The van der Waals surface area contributed by atoms with Gasteiger partial charge in [0, 0.05) is 29.8 Å². The zero-order valence-electron chi connectivity index (χ0n) is 14.0. The standard InChI is InChI=1S/C21H16N2O3/c24-23(25)17-9-6-16(7-10-17)21-20-14-19(11-8-15(20)12-13-22-21)26-18-4-2-1-3-5-18/h1-11,14H,12-13H2. The number of nitro groups is 1. The summed E-state index contributed by atoms with van der Waals surface area (Å²) in [6, 6.07) is 22.1. The van der Waals surface area contributed by atoms with Gasteiger partial charge in [-0.25, -0.2) is 0 Å². The highest BCUT2D eigenvalue weighted by Gasteiger charge is 2.18. The van der Waals surface area contributed by atoms with Crippen molar-refractivity contribution < 1.29 is 9.66 Å². The van der Waals surface area contributed by atoms with Crippen LogP contribution >= 0.6 is 0 Å². The van der Waals surface area contributed by atoms with Gasteiger partial charge in [-0.15, -0.1) is 0 Å². The Kier molecular flexibility index (Phi) is 4.19. The molecule has 0 aromatic heterocycles. The summed E-state index contributed by atoms with van der Waals surface area (Å²) in [6.07, 6.45) is 0.872. The van der Waals surface area contributed by atoms with Gasteiger partial charge >= 0.3 is 0 Å². The van der Waals surface area contributed by atoms with Crippen LogP contribution in [0.3, 0.4) is 0 Å². The molecular weight excluding hydrogens is 328 g/mol. The number of nitrogens with zero attached hydrogens (tertiary/aromatic N) is 2. The predicted octanol–water partition coefficient (Wildman–Crippen LogP) is 4.78. The Balaban J connectivity index is 1.68. The number of ether oxygens (including phenoxy) is 1. The van der Waals surface area contributed by atoms with E-state index in [1.54, 1.807) is 12.1 Å². The van der Waals surface area contributed by atoms with Crippen LogP contribution in [0.25, 0.3) is 0 Å². The van der Waals surface area contributed by atoms with Crippen molar-refractivity contribution in [2.24, 2.45) is 4.99 Å². The fourth-order valence-electron chi connectivity index (χ4n) is 3.04. The maximum Gasteiger partial charge on any atom is 0.269 e. The number of nitro benzene ring substituents is 1. The Morgan fingerprint density at radius 3 is 2.42 bits per heavy atom. The Morgan fingerprint density at radius 2 is 1.69 bits per heavy atom. The quantitative estimate of drug-likeness (QED) is 0.505. The summed E-state index contributed by atoms with van der Waals surface area (Å²) in [5.41, 5.74) is 4.01. The average Bonchev–Trinajstić information content (AvgIpc) is 2.68. The Labute approximate surface area is 150 Å². The van der Waals surface area contributed by atoms with E-state index in [1.807, 2.05) is 42.5 Å². The van der Waals surface area contributed by atoms with Crippen LogP contribution in [0.5, 0.6) is 11.5 Å². The van der Waals surface area contributed by atoms with Crippen molar-refractivity contribution >= 4 is 11.4 Å². The molecule has 5 nitrogen and oxygen atoms in total. The molecule has 0 radical (unpaired) electrons. The van der Waals surface area contributed by atoms with Gasteiger partial charge in [-0.3, -0.25) is 15.1 Å². The molecule has 0 saturated carbocycles. The largest absolute Gasteiger partial charge is 0.457 e. The number of benzene rings is 3. The van der Waals surface area contributed by atoms with Crippen molar-refractivity contribution in [1.82, 2.24) is 0 Å². The second-order valence-electron chi connectivity index (χ2n) is 6.02. The molecule has 0 amide bonds. The van der Waals surface area contributed by atoms with E-state index in [-0.39, 0.29) is 5.69 Å². The zero-order valence-corrected chi connectivity index (χ0v) is 14.0. The highest BCUT2D eigenvalue weighted by molar-refractivity contribution is 6.14. The summed E-state index contributed by atoms with van der Waals surface area (Å²) >= 11 is 0. The SMILES string of the molecule is O=[N+]([O-])c1ccc(C2=NCCc3ccc(Oc4ccccc4)cc32)cc1. The lowest BCUT2D eigenvalue weighted by Gasteiger charge is -2.18. The lowest BCUT2D eigenvalue weighted by Crippen LogP contribution is -2.14. The van der Waals surface area contributed by atoms with E-state index in [4.69, 9.17) is 4.74 Å². The normalized spacial score (nSPS) is 12.8. The number of aliphatic imine (C=N–C) groups is 1. The number of rotatable bonds is 4. The topological polar surface area (TPSA) is 64.7 Å². The minimum absolute atomic E-state index is 0.0755. The van der Waals surface area contributed by atoms with E-state index in [2.05, 4.69) is 11.1 Å². The summed E-state index contributed by atoms with van der Waals surface area (Å²) in [4.78, 5) is 15.1. The lowest BCUT2D eigenvalue weighted by atomic mass is 9.93. The summed E-state index contributed by atoms with van der Waals surface area (Å²) in [5, 5.41) is 10.9. The summed E-state index contributed by atoms with van der Waals surface area (Å²) in [5.74, 6) is 1.52. The van der Waals surface area contributed by atoms with Gasteiger partial charge in [0.2, 0.25) is 0 Å². The van der Waals surface area contributed by atoms with Gasteiger partial charge in [0.15, 0.2) is 0 Å². The minimum atomic E-state index is -0.397. The first kappa shape index (κ1) is 16.0. The van der Waals surface area contributed by atoms with E-state index in [0.29, 0.717) is 6.54 Å². The van der Waals surface area contributed by atoms with Crippen molar-refractivity contribution in [3.63, 3.8) is 0 Å². The Bertz CT molecular complexity index is 980. The van der Waals surface area contributed by atoms with Crippen LogP contribution in [0.15, 0.2) is 77.8 Å². The second-order valence-corrected chi connectivity index (χ2v) is 6.02. The third-order valence-corrected chi connectivity index (χ3v) is 4.32. The van der Waals surface area contributed by atoms with Crippen LogP contribution in [0.2, 0.25) is 0 Å². The summed E-state index contributed by atoms with van der Waals surface area (Å²) < 4.78 is 5.93. The maximum absolute atomic E-state index is 10.9. The Hall–Kier alpha value is -3.47. The van der Waals surface area contributed by atoms with Gasteiger partial charge in [-0.2, -0.15) is 0 Å². The van der Waals surface area contributed by atoms with Gasteiger partial charge in [0.05, 0.1) is 10.6 Å². The molecule has 128 valence electrons. The number of non-ortho nitro benzene ring substituents is 1. The second kappa shape index (κ2) is 6.80. The summed E-state index contributed by atoms with van der Waals surface area (Å²) in [6.45, 7) is 0.707. The molecule has 0 bridgehead atoms. The molecule has 3 aromatic rings. The van der Waals surface area contributed by atoms with E-state index in [0.717, 1.165) is 34.8 Å². The smallest absolute Gasteiger partial charge is 0.269 e. The molecule has 0 atom stereocenters. The first-order valence-corrected chi connectivity index (χ1v) is 8.36. The maximum atomic E-state index is 10.9. The molecule has 1 aliphatic rings. The molecule has 1 aliphatic heterocycles. The van der Waals surface area contributed by atoms with Gasteiger partial charge in [0.25, 0.3) is 5.69 Å². The number of fused-ring (bicyclic) bond motifs is 1. The van der Waals surface area contributed by atoms with Gasteiger partial charge in [-0.1, -0.05) is 24.3 Å². The molecule has 4 rings (SSSR count). The van der Waals surface area contributed by atoms with Gasteiger partial charge in [0.1, 0.15) is 11.5 Å². The molecule has 26 heavy (non-hydrogen) atoms. The molecule has 0 spiro atoms. The monoisotopic (exact) mass is 344 g/mol. The van der Waals surface area contributed by atoms with Crippen LogP contribution in [-0.4, -0.2) is 17.2 Å². The zero-order chi connectivity index (χ0) is 17.9. The summed E-state index contributed by atoms with van der Waals surface area (Å²) in [7, 11) is 0. The highest BCUT2D eigenvalue weighted by Crippen LogP contribution is 2.28. The van der Waals surface area contributed by atoms with Crippen LogP contribution < -0.4 is 4.74 Å². The van der Waals surface area contributed by atoms with Crippen LogP contribution in [-0.2, 0) is 6.42 Å². The molecule has 3 aromatic carbocycles. The van der Waals surface area contributed by atoms with Crippen LogP contribution in [0.4, 0.5) is 5.69 Å². The third-order valence-electron chi connectivity index (χ3n) is 4.32. The van der Waals surface area contributed by atoms with Crippen LogP contribution in [0.1, 0.15) is 16.7 Å². The minimum Gasteiger partial charge on any atom is -0.457 e. The number of hydrogen-bond acceptors (Lipinski definition) is 4. The van der Waals surface area contributed by atoms with E-state index in [9.17, 15) is 10.1 Å².